The van der Waals surface area contributed by atoms with E-state index in [9.17, 15) is 5.11 Å². The first kappa shape index (κ1) is 15.0. The summed E-state index contributed by atoms with van der Waals surface area (Å²) >= 11 is 0. The van der Waals surface area contributed by atoms with Crippen LogP contribution in [0.5, 0.6) is 0 Å². The molecule has 0 bridgehead atoms. The second-order valence-corrected chi connectivity index (χ2v) is 5.28. The van der Waals surface area contributed by atoms with Gasteiger partial charge in [-0.3, -0.25) is 0 Å². The molecule has 0 spiro atoms. The number of nitrogens with one attached hydrogen (secondary N) is 1. The average Bonchev–Trinajstić information content (AvgIpc) is 2.47. The number of piperidine rings is 1. The molecular formula is C14H24N4O2. The van der Waals surface area contributed by atoms with Crippen LogP contribution in [0.25, 0.3) is 0 Å². The van der Waals surface area contributed by atoms with E-state index in [1.807, 2.05) is 20.0 Å². The smallest absolute Gasteiger partial charge is 0.158 e. The first-order chi connectivity index (χ1) is 9.63. The molecule has 6 nitrogen and oxygen atoms in total. The number of aliphatic hydroxyl groups is 1. The molecule has 112 valence electrons. The van der Waals surface area contributed by atoms with Gasteiger partial charge < -0.3 is 20.1 Å². The lowest BCUT2D eigenvalue weighted by atomic mass is 9.92. The van der Waals surface area contributed by atoms with Crippen LogP contribution in [0.3, 0.4) is 0 Å². The number of rotatable bonds is 5. The zero-order chi connectivity index (χ0) is 14.5. The lowest BCUT2D eigenvalue weighted by Crippen LogP contribution is -2.37. The molecule has 1 aromatic heterocycles. The molecule has 0 aromatic carbocycles. The minimum atomic E-state index is -0.223. The number of nitrogens with zero attached hydrogens (tertiary/aromatic N) is 3. The zero-order valence-corrected chi connectivity index (χ0v) is 12.5. The molecule has 0 saturated carbocycles. The minimum absolute atomic E-state index is 0.223. The monoisotopic (exact) mass is 280 g/mol. The highest BCUT2D eigenvalue weighted by atomic mass is 16.5. The molecule has 6 heteroatoms. The van der Waals surface area contributed by atoms with Gasteiger partial charge >= 0.3 is 0 Å². The second kappa shape index (κ2) is 6.85. The summed E-state index contributed by atoms with van der Waals surface area (Å²) in [4.78, 5) is 11.2. The van der Waals surface area contributed by atoms with Crippen LogP contribution in [0.1, 0.15) is 25.6 Å². The van der Waals surface area contributed by atoms with Crippen molar-refractivity contribution in [2.75, 3.05) is 37.5 Å². The summed E-state index contributed by atoms with van der Waals surface area (Å²) in [5.74, 6) is 2.82. The second-order valence-electron chi connectivity index (χ2n) is 5.28. The molecular weight excluding hydrogens is 256 g/mol. The quantitative estimate of drug-likeness (QED) is 0.846. The third-order valence-electron chi connectivity index (χ3n) is 3.83. The van der Waals surface area contributed by atoms with Crippen molar-refractivity contribution in [2.24, 2.45) is 5.92 Å². The van der Waals surface area contributed by atoms with Gasteiger partial charge in [-0.05, 0) is 25.7 Å². The molecule has 0 aliphatic carbocycles. The van der Waals surface area contributed by atoms with Crippen LogP contribution in [0.4, 0.5) is 11.6 Å². The molecule has 2 rings (SSSR count). The Morgan fingerprint density at radius 1 is 1.45 bits per heavy atom. The number of methoxy groups -OCH3 is 1. The summed E-state index contributed by atoms with van der Waals surface area (Å²) in [5.41, 5.74) is 0. The summed E-state index contributed by atoms with van der Waals surface area (Å²) in [6.45, 7) is 4.12. The number of ether oxygens (including phenoxy) is 1. The third-order valence-corrected chi connectivity index (χ3v) is 3.83. The van der Waals surface area contributed by atoms with Gasteiger partial charge in [0.1, 0.15) is 18.2 Å². The molecule has 1 aliphatic heterocycles. The highest BCUT2D eigenvalue weighted by molar-refractivity contribution is 5.49. The molecule has 1 aliphatic rings. The van der Waals surface area contributed by atoms with Crippen molar-refractivity contribution >= 4 is 11.6 Å². The van der Waals surface area contributed by atoms with Crippen molar-refractivity contribution in [2.45, 2.75) is 32.5 Å². The summed E-state index contributed by atoms with van der Waals surface area (Å²) in [5, 5.41) is 12.7. The zero-order valence-electron chi connectivity index (χ0n) is 12.5. The van der Waals surface area contributed by atoms with Crippen molar-refractivity contribution in [3.05, 3.63) is 11.9 Å². The van der Waals surface area contributed by atoms with Crippen molar-refractivity contribution in [3.63, 3.8) is 0 Å². The first-order valence-electron chi connectivity index (χ1n) is 7.11. The number of aliphatic hydroxyl groups excluding tert-OH is 1. The van der Waals surface area contributed by atoms with Gasteiger partial charge in [-0.1, -0.05) is 0 Å². The van der Waals surface area contributed by atoms with E-state index >= 15 is 0 Å². The number of hydrogen-bond donors (Lipinski definition) is 2. The molecule has 1 fully saturated rings. The summed E-state index contributed by atoms with van der Waals surface area (Å²) in [6, 6.07) is 1.96. The van der Waals surface area contributed by atoms with Crippen molar-refractivity contribution in [3.8, 4) is 0 Å². The maximum absolute atomic E-state index is 9.66. The lowest BCUT2D eigenvalue weighted by molar-refractivity contribution is 0.109. The number of hydrogen-bond acceptors (Lipinski definition) is 6. The van der Waals surface area contributed by atoms with Crippen LogP contribution >= 0.6 is 0 Å². The van der Waals surface area contributed by atoms with Crippen LogP contribution in [0, 0.1) is 5.92 Å². The van der Waals surface area contributed by atoms with Crippen molar-refractivity contribution in [1.82, 2.24) is 9.97 Å². The summed E-state index contributed by atoms with van der Waals surface area (Å²) in [7, 11) is 3.49. The highest BCUT2D eigenvalue weighted by Crippen LogP contribution is 2.25. The normalized spacial score (nSPS) is 18.1. The van der Waals surface area contributed by atoms with E-state index in [-0.39, 0.29) is 6.10 Å². The Bertz CT molecular complexity index is 431. The molecule has 20 heavy (non-hydrogen) atoms. The molecule has 1 atom stereocenters. The Morgan fingerprint density at radius 2 is 2.15 bits per heavy atom. The van der Waals surface area contributed by atoms with E-state index in [0.29, 0.717) is 18.3 Å². The average molecular weight is 280 g/mol. The Labute approximate surface area is 120 Å². The van der Waals surface area contributed by atoms with Gasteiger partial charge in [0, 0.05) is 33.3 Å². The topological polar surface area (TPSA) is 70.5 Å². The van der Waals surface area contributed by atoms with Crippen molar-refractivity contribution in [1.29, 1.82) is 0 Å². The third kappa shape index (κ3) is 3.58. The fraction of sp³-hybridized carbons (Fsp3) is 0.714. The maximum Gasteiger partial charge on any atom is 0.158 e. The van der Waals surface area contributed by atoms with Crippen LogP contribution in [0.15, 0.2) is 6.07 Å². The van der Waals surface area contributed by atoms with Crippen LogP contribution in [-0.2, 0) is 11.3 Å². The maximum atomic E-state index is 9.66. The Morgan fingerprint density at radius 3 is 2.70 bits per heavy atom. The van der Waals surface area contributed by atoms with Crippen LogP contribution in [0.2, 0.25) is 0 Å². The predicted molar refractivity (Wildman–Crippen MR) is 78.9 cm³/mol. The standard InChI is InChI=1S/C14H24N4O2/c1-10(19)11-4-6-18(7-5-11)14-8-12(15-2)16-13(17-14)9-20-3/h8,10-11,19H,4-7,9H2,1-3H3,(H,15,16,17). The van der Waals surface area contributed by atoms with Gasteiger partial charge in [0.15, 0.2) is 5.82 Å². The molecule has 1 aromatic rings. The lowest BCUT2D eigenvalue weighted by Gasteiger charge is -2.34. The highest BCUT2D eigenvalue weighted by Gasteiger charge is 2.23. The van der Waals surface area contributed by atoms with Crippen LogP contribution < -0.4 is 10.2 Å². The van der Waals surface area contributed by atoms with Gasteiger partial charge in [0.2, 0.25) is 0 Å². The Balaban J connectivity index is 2.10. The van der Waals surface area contributed by atoms with E-state index < -0.39 is 0 Å². The van der Waals surface area contributed by atoms with Gasteiger partial charge in [0.05, 0.1) is 6.10 Å². The summed E-state index contributed by atoms with van der Waals surface area (Å²) in [6.07, 6.45) is 1.77. The molecule has 2 N–H and O–H groups in total. The molecule has 1 unspecified atom stereocenters. The fourth-order valence-electron chi connectivity index (χ4n) is 2.58. The molecule has 0 radical (unpaired) electrons. The fourth-order valence-corrected chi connectivity index (χ4v) is 2.58. The van der Waals surface area contributed by atoms with Gasteiger partial charge in [-0.2, -0.15) is 0 Å². The van der Waals surface area contributed by atoms with E-state index in [2.05, 4.69) is 20.2 Å². The van der Waals surface area contributed by atoms with Gasteiger partial charge in [-0.15, -0.1) is 0 Å². The van der Waals surface area contributed by atoms with Gasteiger partial charge in [-0.25, -0.2) is 9.97 Å². The molecule has 1 saturated heterocycles. The number of aromatic nitrogens is 2. The van der Waals surface area contributed by atoms with E-state index in [1.165, 1.54) is 0 Å². The van der Waals surface area contributed by atoms with Gasteiger partial charge in [0.25, 0.3) is 0 Å². The Kier molecular flexibility index (Phi) is 5.14. The van der Waals surface area contributed by atoms with Crippen molar-refractivity contribution < 1.29 is 9.84 Å². The predicted octanol–water partition coefficient (Wildman–Crippen LogP) is 1.26. The SMILES string of the molecule is CNc1cc(N2CCC(C(C)O)CC2)nc(COC)n1. The largest absolute Gasteiger partial charge is 0.393 e. The van der Waals surface area contributed by atoms with E-state index in [0.717, 1.165) is 37.6 Å². The van der Waals surface area contributed by atoms with Crippen LogP contribution in [-0.4, -0.2) is 48.4 Å². The minimum Gasteiger partial charge on any atom is -0.393 e. The van der Waals surface area contributed by atoms with E-state index in [1.54, 1.807) is 7.11 Å². The molecule has 2 heterocycles. The first-order valence-corrected chi connectivity index (χ1v) is 7.11. The number of anilines is 2. The molecule has 0 amide bonds. The van der Waals surface area contributed by atoms with E-state index in [4.69, 9.17) is 4.74 Å². The summed E-state index contributed by atoms with van der Waals surface area (Å²) < 4.78 is 5.11. The Hall–Kier alpha value is -1.40.